The Morgan fingerprint density at radius 3 is 2.90 bits per heavy atom. The van der Waals surface area contributed by atoms with Crippen LogP contribution in [0.5, 0.6) is 0 Å². The molecule has 1 aliphatic carbocycles. The summed E-state index contributed by atoms with van der Waals surface area (Å²) in [6, 6.07) is -0.333. The minimum atomic E-state index is -0.909. The number of fused-ring (bicyclic) bond motifs is 1. The second-order valence-corrected chi connectivity index (χ2v) is 5.24. The number of carboxylic acids is 1. The summed E-state index contributed by atoms with van der Waals surface area (Å²) >= 11 is 0. The van der Waals surface area contributed by atoms with Crippen molar-refractivity contribution in [1.82, 2.24) is 24.9 Å². The van der Waals surface area contributed by atoms with Gasteiger partial charge in [-0.3, -0.25) is 9.59 Å². The van der Waals surface area contributed by atoms with Crippen LogP contribution < -0.4 is 5.32 Å². The monoisotopic (exact) mass is 289 g/mol. The van der Waals surface area contributed by atoms with E-state index < -0.39 is 5.97 Å². The van der Waals surface area contributed by atoms with E-state index >= 15 is 0 Å². The van der Waals surface area contributed by atoms with E-state index in [1.807, 2.05) is 0 Å². The Morgan fingerprint density at radius 2 is 2.24 bits per heavy atom. The number of nitrogens with zero attached hydrogens (tertiary/aromatic N) is 4. The van der Waals surface area contributed by atoms with Gasteiger partial charge >= 0.3 is 5.97 Å². The van der Waals surface area contributed by atoms with Gasteiger partial charge in [0.2, 0.25) is 0 Å². The van der Waals surface area contributed by atoms with Crippen molar-refractivity contribution in [3.8, 4) is 0 Å². The number of hydrogen-bond donors (Lipinski definition) is 2. The standard InChI is InChI=1S/C13H15N5O3/c1-7-9(5-14-13-15-6-16-18(7)13)12(21)17-10(4-11(19)20)8-2-3-8/h5-6,8,10H,2-4H2,1H3,(H,17,21)(H,19,20). The highest BCUT2D eigenvalue weighted by Gasteiger charge is 2.34. The third-order valence-electron chi connectivity index (χ3n) is 3.69. The number of rotatable bonds is 5. The first-order valence-electron chi connectivity index (χ1n) is 6.74. The molecule has 0 spiro atoms. The summed E-state index contributed by atoms with van der Waals surface area (Å²) < 4.78 is 1.48. The van der Waals surface area contributed by atoms with Crippen molar-refractivity contribution in [3.63, 3.8) is 0 Å². The third-order valence-corrected chi connectivity index (χ3v) is 3.69. The van der Waals surface area contributed by atoms with E-state index in [1.54, 1.807) is 6.92 Å². The van der Waals surface area contributed by atoms with E-state index in [2.05, 4.69) is 20.4 Å². The maximum Gasteiger partial charge on any atom is 0.305 e. The van der Waals surface area contributed by atoms with Crippen LogP contribution in [0.15, 0.2) is 12.5 Å². The molecule has 0 aliphatic heterocycles. The van der Waals surface area contributed by atoms with Crippen molar-refractivity contribution >= 4 is 17.7 Å². The molecule has 110 valence electrons. The third kappa shape index (κ3) is 2.69. The van der Waals surface area contributed by atoms with Crippen molar-refractivity contribution in [3.05, 3.63) is 23.8 Å². The Labute approximate surface area is 120 Å². The van der Waals surface area contributed by atoms with E-state index in [1.165, 1.54) is 17.0 Å². The summed E-state index contributed by atoms with van der Waals surface area (Å²) in [6.07, 6.45) is 4.66. The second-order valence-electron chi connectivity index (χ2n) is 5.24. The molecule has 0 aromatic carbocycles. The molecule has 0 bridgehead atoms. The Bertz CT molecular complexity index is 707. The Balaban J connectivity index is 1.82. The predicted octanol–water partition coefficient (Wildman–Crippen LogP) is 0.416. The average molecular weight is 289 g/mol. The van der Waals surface area contributed by atoms with Crippen LogP contribution in [0.2, 0.25) is 0 Å². The largest absolute Gasteiger partial charge is 0.481 e. The van der Waals surface area contributed by atoms with Crippen molar-refractivity contribution in [2.45, 2.75) is 32.2 Å². The van der Waals surface area contributed by atoms with Crippen LogP contribution in [0.3, 0.4) is 0 Å². The first kappa shape index (κ1) is 13.5. The Morgan fingerprint density at radius 1 is 1.48 bits per heavy atom. The SMILES string of the molecule is Cc1c(C(=O)NC(CC(=O)O)C2CC2)cnc2ncnn12. The number of aromatic nitrogens is 4. The molecular formula is C13H15N5O3. The summed E-state index contributed by atoms with van der Waals surface area (Å²) in [4.78, 5) is 31.2. The lowest BCUT2D eigenvalue weighted by Crippen LogP contribution is -2.38. The summed E-state index contributed by atoms with van der Waals surface area (Å²) in [7, 11) is 0. The molecule has 8 heteroatoms. The van der Waals surface area contributed by atoms with E-state index in [-0.39, 0.29) is 24.3 Å². The van der Waals surface area contributed by atoms with Gasteiger partial charge in [0.15, 0.2) is 0 Å². The van der Waals surface area contributed by atoms with Crippen LogP contribution in [-0.2, 0) is 4.79 Å². The van der Waals surface area contributed by atoms with E-state index in [9.17, 15) is 9.59 Å². The molecular weight excluding hydrogens is 274 g/mol. The zero-order valence-corrected chi connectivity index (χ0v) is 11.5. The Hall–Kier alpha value is -2.51. The molecule has 1 fully saturated rings. The average Bonchev–Trinajstić information content (AvgIpc) is 3.16. The van der Waals surface area contributed by atoms with Crippen molar-refractivity contribution in [1.29, 1.82) is 0 Å². The number of hydrogen-bond acceptors (Lipinski definition) is 5. The number of carbonyl (C=O) groups excluding carboxylic acids is 1. The molecule has 0 saturated heterocycles. The van der Waals surface area contributed by atoms with Crippen LogP contribution in [0.25, 0.3) is 5.78 Å². The lowest BCUT2D eigenvalue weighted by Gasteiger charge is -2.16. The predicted molar refractivity (Wildman–Crippen MR) is 71.8 cm³/mol. The van der Waals surface area contributed by atoms with E-state index in [4.69, 9.17) is 5.11 Å². The number of amides is 1. The summed E-state index contributed by atoms with van der Waals surface area (Å²) in [5, 5.41) is 15.7. The molecule has 1 unspecified atom stereocenters. The highest BCUT2D eigenvalue weighted by molar-refractivity contribution is 5.95. The molecule has 1 atom stereocenters. The second kappa shape index (κ2) is 5.12. The molecule has 0 radical (unpaired) electrons. The van der Waals surface area contributed by atoms with Gasteiger partial charge in [0, 0.05) is 12.2 Å². The first-order chi connectivity index (χ1) is 10.1. The summed E-state index contributed by atoms with van der Waals surface area (Å²) in [5.41, 5.74) is 1.00. The maximum absolute atomic E-state index is 12.3. The number of nitrogens with one attached hydrogen (secondary N) is 1. The maximum atomic E-state index is 12.3. The minimum absolute atomic E-state index is 0.0611. The van der Waals surface area contributed by atoms with E-state index in [0.29, 0.717) is 17.0 Å². The van der Waals surface area contributed by atoms with Gasteiger partial charge in [-0.15, -0.1) is 0 Å². The molecule has 3 rings (SSSR count). The number of aryl methyl sites for hydroxylation is 1. The topological polar surface area (TPSA) is 109 Å². The highest BCUT2D eigenvalue weighted by atomic mass is 16.4. The smallest absolute Gasteiger partial charge is 0.305 e. The molecule has 1 saturated carbocycles. The molecule has 2 aromatic heterocycles. The first-order valence-corrected chi connectivity index (χ1v) is 6.74. The van der Waals surface area contributed by atoms with Gasteiger partial charge in [0.25, 0.3) is 11.7 Å². The van der Waals surface area contributed by atoms with Crippen LogP contribution in [0, 0.1) is 12.8 Å². The zero-order valence-electron chi connectivity index (χ0n) is 11.5. The molecule has 1 amide bonds. The highest BCUT2D eigenvalue weighted by Crippen LogP contribution is 2.34. The van der Waals surface area contributed by atoms with E-state index in [0.717, 1.165) is 12.8 Å². The molecule has 2 heterocycles. The van der Waals surface area contributed by atoms with Gasteiger partial charge in [-0.1, -0.05) is 0 Å². The number of carboxylic acid groups (broad SMARTS) is 1. The molecule has 1 aliphatic rings. The zero-order chi connectivity index (χ0) is 15.0. The quantitative estimate of drug-likeness (QED) is 0.825. The van der Waals surface area contributed by atoms with Gasteiger partial charge in [-0.05, 0) is 25.7 Å². The summed E-state index contributed by atoms with van der Waals surface area (Å²) in [6.45, 7) is 1.75. The van der Waals surface area contributed by atoms with Crippen LogP contribution in [-0.4, -0.2) is 42.6 Å². The van der Waals surface area contributed by atoms with Gasteiger partial charge in [0.05, 0.1) is 17.7 Å². The van der Waals surface area contributed by atoms with Gasteiger partial charge in [-0.2, -0.15) is 10.1 Å². The van der Waals surface area contributed by atoms with Gasteiger partial charge in [-0.25, -0.2) is 9.50 Å². The van der Waals surface area contributed by atoms with Crippen LogP contribution >= 0.6 is 0 Å². The fourth-order valence-corrected chi connectivity index (χ4v) is 2.38. The van der Waals surface area contributed by atoms with Gasteiger partial charge in [0.1, 0.15) is 6.33 Å². The van der Waals surface area contributed by atoms with Crippen LogP contribution in [0.1, 0.15) is 35.3 Å². The number of aliphatic carboxylic acids is 1. The van der Waals surface area contributed by atoms with Gasteiger partial charge < -0.3 is 10.4 Å². The molecule has 2 aromatic rings. The minimum Gasteiger partial charge on any atom is -0.481 e. The molecule has 2 N–H and O–H groups in total. The fourth-order valence-electron chi connectivity index (χ4n) is 2.38. The van der Waals surface area contributed by atoms with Crippen molar-refractivity contribution in [2.24, 2.45) is 5.92 Å². The molecule has 21 heavy (non-hydrogen) atoms. The summed E-state index contributed by atoms with van der Waals surface area (Å²) in [5.74, 6) is -0.550. The lowest BCUT2D eigenvalue weighted by atomic mass is 10.1. The van der Waals surface area contributed by atoms with Crippen molar-refractivity contribution in [2.75, 3.05) is 0 Å². The number of carbonyl (C=O) groups is 2. The lowest BCUT2D eigenvalue weighted by molar-refractivity contribution is -0.137. The fraction of sp³-hybridized carbons (Fsp3) is 0.462. The Kier molecular flexibility index (Phi) is 3.28. The molecule has 8 nitrogen and oxygen atoms in total. The van der Waals surface area contributed by atoms with Crippen LogP contribution in [0.4, 0.5) is 0 Å². The normalized spacial score (nSPS) is 15.9. The van der Waals surface area contributed by atoms with Crippen molar-refractivity contribution < 1.29 is 14.7 Å².